The largest absolute Gasteiger partial charge is 0.497 e. The highest BCUT2D eigenvalue weighted by Gasteiger charge is 2.08. The molecule has 0 atom stereocenters. The van der Waals surface area contributed by atoms with E-state index in [1.54, 1.807) is 74.1 Å². The predicted molar refractivity (Wildman–Crippen MR) is 130 cm³/mol. The molecule has 3 N–H and O–H groups in total. The lowest BCUT2D eigenvalue weighted by molar-refractivity contribution is -0.129. The molecule has 0 radical (unpaired) electrons. The van der Waals surface area contributed by atoms with Crippen molar-refractivity contribution in [1.82, 2.24) is 15.7 Å². The molecule has 180 valence electrons. The Bertz CT molecular complexity index is 1150. The number of nitrogens with one attached hydrogen (secondary N) is 3. The molecule has 0 fully saturated rings. The Morgan fingerprint density at radius 2 is 1.69 bits per heavy atom. The van der Waals surface area contributed by atoms with Crippen LogP contribution in [-0.2, 0) is 20.9 Å². The van der Waals surface area contributed by atoms with Gasteiger partial charge in [0.2, 0.25) is 11.8 Å². The number of carbonyl (C=O) groups is 3. The first-order chi connectivity index (χ1) is 17.0. The second-order valence-electron chi connectivity index (χ2n) is 7.24. The monoisotopic (exact) mass is 475 g/mol. The van der Waals surface area contributed by atoms with Gasteiger partial charge in [0.25, 0.3) is 5.91 Å². The third kappa shape index (κ3) is 8.97. The van der Waals surface area contributed by atoms with Gasteiger partial charge in [-0.05, 0) is 65.7 Å². The van der Waals surface area contributed by atoms with Crippen LogP contribution in [0.3, 0.4) is 0 Å². The Morgan fingerprint density at radius 3 is 2.37 bits per heavy atom. The molecule has 0 bridgehead atoms. The molecule has 10 nitrogen and oxygen atoms in total. The molecular weight excluding hydrogens is 450 g/mol. The average molecular weight is 476 g/mol. The quantitative estimate of drug-likeness (QED) is 0.222. The number of ether oxygens (including phenoxy) is 2. The van der Waals surface area contributed by atoms with E-state index < -0.39 is 11.8 Å². The molecule has 0 aliphatic carbocycles. The Labute approximate surface area is 202 Å². The van der Waals surface area contributed by atoms with Crippen LogP contribution in [0.25, 0.3) is 0 Å². The number of aromatic nitrogens is 1. The summed E-state index contributed by atoms with van der Waals surface area (Å²) in [7, 11) is 1.57. The molecule has 3 aromatic rings. The third-order valence-electron chi connectivity index (χ3n) is 4.56. The van der Waals surface area contributed by atoms with Crippen molar-refractivity contribution < 1.29 is 23.9 Å². The van der Waals surface area contributed by atoms with Gasteiger partial charge in [0.05, 0.1) is 13.3 Å². The van der Waals surface area contributed by atoms with Crippen LogP contribution in [0.2, 0.25) is 0 Å². The maximum Gasteiger partial charge on any atom is 0.262 e. The van der Waals surface area contributed by atoms with Gasteiger partial charge in [0.1, 0.15) is 17.9 Å². The lowest BCUT2D eigenvalue weighted by Crippen LogP contribution is -2.29. The first-order valence-corrected chi connectivity index (χ1v) is 10.7. The fourth-order valence-corrected chi connectivity index (χ4v) is 2.80. The molecule has 0 aliphatic rings. The van der Waals surface area contributed by atoms with Crippen LogP contribution in [0.5, 0.6) is 11.5 Å². The number of hydrogen-bond donors (Lipinski definition) is 3. The Balaban J connectivity index is 1.35. The van der Waals surface area contributed by atoms with Crippen molar-refractivity contribution in [1.29, 1.82) is 0 Å². The van der Waals surface area contributed by atoms with Crippen LogP contribution in [0, 0.1) is 0 Å². The molecule has 10 heteroatoms. The van der Waals surface area contributed by atoms with Crippen molar-refractivity contribution in [3.8, 4) is 11.5 Å². The molecule has 2 aromatic carbocycles. The van der Waals surface area contributed by atoms with E-state index in [1.807, 2.05) is 6.07 Å². The number of pyridine rings is 1. The average Bonchev–Trinajstić information content (AvgIpc) is 2.88. The standard InChI is InChI=1S/C25H25N5O5/c1-34-21-10-6-20(7-11-21)29-25(33)17-35-22-8-4-18(5-9-22)16-28-30-24(32)13-23(31)27-15-19-3-2-12-26-14-19/h2-12,14,16H,13,15,17H2,1H3,(H,27,31)(H,29,33)(H,30,32)/b28-16+. The second kappa shape index (κ2) is 13.1. The van der Waals surface area contributed by atoms with Crippen LogP contribution in [0.4, 0.5) is 5.69 Å². The summed E-state index contributed by atoms with van der Waals surface area (Å²) in [6.45, 7) is 0.138. The normalized spacial score (nSPS) is 10.4. The summed E-state index contributed by atoms with van der Waals surface area (Å²) in [4.78, 5) is 39.7. The summed E-state index contributed by atoms with van der Waals surface area (Å²) >= 11 is 0. The molecule has 1 heterocycles. The number of methoxy groups -OCH3 is 1. The van der Waals surface area contributed by atoms with E-state index >= 15 is 0 Å². The van der Waals surface area contributed by atoms with Crippen molar-refractivity contribution in [2.24, 2.45) is 5.10 Å². The van der Waals surface area contributed by atoms with E-state index in [2.05, 4.69) is 26.1 Å². The lowest BCUT2D eigenvalue weighted by atomic mass is 10.2. The summed E-state index contributed by atoms with van der Waals surface area (Å²) in [6, 6.07) is 17.3. The van der Waals surface area contributed by atoms with Gasteiger partial charge < -0.3 is 20.1 Å². The number of benzene rings is 2. The first-order valence-electron chi connectivity index (χ1n) is 10.7. The summed E-state index contributed by atoms with van der Waals surface area (Å²) in [6.07, 6.45) is 4.37. The van der Waals surface area contributed by atoms with E-state index in [0.29, 0.717) is 29.3 Å². The van der Waals surface area contributed by atoms with Crippen LogP contribution < -0.4 is 25.5 Å². The number of rotatable bonds is 11. The van der Waals surface area contributed by atoms with Crippen LogP contribution in [0.1, 0.15) is 17.5 Å². The highest BCUT2D eigenvalue weighted by Crippen LogP contribution is 2.15. The third-order valence-corrected chi connectivity index (χ3v) is 4.56. The van der Waals surface area contributed by atoms with Crippen LogP contribution in [0.15, 0.2) is 78.2 Å². The van der Waals surface area contributed by atoms with Crippen molar-refractivity contribution in [3.05, 3.63) is 84.2 Å². The Hall–Kier alpha value is -4.73. The minimum Gasteiger partial charge on any atom is -0.497 e. The van der Waals surface area contributed by atoms with E-state index in [4.69, 9.17) is 9.47 Å². The first kappa shape index (κ1) is 24.9. The zero-order valence-corrected chi connectivity index (χ0v) is 19.1. The van der Waals surface area contributed by atoms with E-state index in [-0.39, 0.29) is 18.9 Å². The SMILES string of the molecule is COc1ccc(NC(=O)COc2ccc(/C=N/NC(=O)CC(=O)NCc3cccnc3)cc2)cc1. The second-order valence-corrected chi connectivity index (χ2v) is 7.24. The summed E-state index contributed by atoms with van der Waals surface area (Å²) in [5, 5.41) is 9.22. The van der Waals surface area contributed by atoms with Gasteiger partial charge in [-0.15, -0.1) is 0 Å². The highest BCUT2D eigenvalue weighted by molar-refractivity contribution is 5.97. The lowest BCUT2D eigenvalue weighted by Gasteiger charge is -2.08. The summed E-state index contributed by atoms with van der Waals surface area (Å²) < 4.78 is 10.6. The molecule has 0 saturated carbocycles. The van der Waals surface area contributed by atoms with Crippen LogP contribution >= 0.6 is 0 Å². The minimum atomic E-state index is -0.534. The maximum absolute atomic E-state index is 12.0. The van der Waals surface area contributed by atoms with Gasteiger partial charge >= 0.3 is 0 Å². The Morgan fingerprint density at radius 1 is 0.943 bits per heavy atom. The molecule has 35 heavy (non-hydrogen) atoms. The zero-order valence-electron chi connectivity index (χ0n) is 19.1. The molecule has 3 amide bonds. The van der Waals surface area contributed by atoms with Gasteiger partial charge in [0, 0.05) is 24.6 Å². The van der Waals surface area contributed by atoms with Crippen molar-refractivity contribution in [2.45, 2.75) is 13.0 Å². The summed E-state index contributed by atoms with van der Waals surface area (Å²) in [5.74, 6) is -0.0501. The molecule has 0 saturated heterocycles. The minimum absolute atomic E-state index is 0.154. The number of hydrogen-bond acceptors (Lipinski definition) is 7. The fraction of sp³-hybridized carbons (Fsp3) is 0.160. The number of nitrogens with zero attached hydrogens (tertiary/aromatic N) is 2. The molecular formula is C25H25N5O5. The molecule has 0 aliphatic heterocycles. The van der Waals surface area contributed by atoms with E-state index in [9.17, 15) is 14.4 Å². The number of amides is 3. The van der Waals surface area contributed by atoms with Crippen molar-refractivity contribution >= 4 is 29.6 Å². The van der Waals surface area contributed by atoms with E-state index in [1.165, 1.54) is 6.21 Å². The highest BCUT2D eigenvalue weighted by atomic mass is 16.5. The van der Waals surface area contributed by atoms with Gasteiger partial charge in [-0.25, -0.2) is 5.43 Å². The maximum atomic E-state index is 12.0. The van der Waals surface area contributed by atoms with Gasteiger partial charge in [0.15, 0.2) is 6.61 Å². The fourth-order valence-electron chi connectivity index (χ4n) is 2.80. The molecule has 0 spiro atoms. The van der Waals surface area contributed by atoms with Gasteiger partial charge in [-0.1, -0.05) is 6.07 Å². The van der Waals surface area contributed by atoms with Gasteiger partial charge in [-0.2, -0.15) is 5.10 Å². The molecule has 3 rings (SSSR count). The predicted octanol–water partition coefficient (Wildman–Crippen LogP) is 2.26. The van der Waals surface area contributed by atoms with Crippen molar-refractivity contribution in [3.63, 3.8) is 0 Å². The molecule has 0 unspecified atom stereocenters. The number of anilines is 1. The number of hydrazone groups is 1. The van der Waals surface area contributed by atoms with Crippen LogP contribution in [-0.4, -0.2) is 42.6 Å². The smallest absolute Gasteiger partial charge is 0.262 e. The van der Waals surface area contributed by atoms with Crippen molar-refractivity contribution in [2.75, 3.05) is 19.0 Å². The molecule has 1 aromatic heterocycles. The van der Waals surface area contributed by atoms with Gasteiger partial charge in [-0.3, -0.25) is 19.4 Å². The Kier molecular flexibility index (Phi) is 9.32. The zero-order chi connectivity index (χ0) is 24.9. The summed E-state index contributed by atoms with van der Waals surface area (Å²) in [5.41, 5.74) is 4.48. The topological polar surface area (TPSA) is 131 Å². The van der Waals surface area contributed by atoms with E-state index in [0.717, 1.165) is 5.56 Å². The number of carbonyl (C=O) groups excluding carboxylic acids is 3.